The van der Waals surface area contributed by atoms with Crippen LogP contribution >= 0.6 is 27.7 Å². The first-order valence-corrected chi connectivity index (χ1v) is 9.39. The highest BCUT2D eigenvalue weighted by Crippen LogP contribution is 2.30. The second kappa shape index (κ2) is 7.40. The fourth-order valence-corrected chi connectivity index (χ4v) is 3.40. The van der Waals surface area contributed by atoms with Crippen molar-refractivity contribution in [2.45, 2.75) is 24.4 Å². The van der Waals surface area contributed by atoms with Gasteiger partial charge in [-0.2, -0.15) is 0 Å². The van der Waals surface area contributed by atoms with Crippen molar-refractivity contribution < 1.29 is 9.59 Å². The maximum absolute atomic E-state index is 12.6. The van der Waals surface area contributed by atoms with E-state index in [-0.39, 0.29) is 23.7 Å². The van der Waals surface area contributed by atoms with E-state index in [1.807, 2.05) is 6.92 Å². The highest BCUT2D eigenvalue weighted by molar-refractivity contribution is 9.10. The molecule has 1 atom stereocenters. The number of halogens is 1. The van der Waals surface area contributed by atoms with E-state index in [1.54, 1.807) is 24.3 Å². The first kappa shape index (κ1) is 17.7. The normalized spacial score (nSPS) is 16.1. The molecule has 0 bridgehead atoms. The Morgan fingerprint density at radius 3 is 2.76 bits per heavy atom. The number of aromatic amines is 1. The van der Waals surface area contributed by atoms with Crippen LogP contribution in [0, 0.1) is 0 Å². The van der Waals surface area contributed by atoms with Crippen LogP contribution < -0.4 is 16.2 Å². The van der Waals surface area contributed by atoms with Crippen molar-refractivity contribution in [3.8, 4) is 0 Å². The maximum atomic E-state index is 12.6. The minimum absolute atomic E-state index is 0.0968. The molecule has 0 radical (unpaired) electrons. The fraction of sp³-hybridized carbons (Fsp3) is 0.250. The molecule has 0 fully saturated rings. The lowest BCUT2D eigenvalue weighted by molar-refractivity contribution is -0.123. The number of nitrogens with one attached hydrogen (secondary N) is 3. The number of hydrogen-bond acceptors (Lipinski definition) is 5. The van der Waals surface area contributed by atoms with Gasteiger partial charge in [0, 0.05) is 16.6 Å². The minimum atomic E-state index is -0.885. The molecule has 0 saturated heterocycles. The number of hydrogen-bond donors (Lipinski definition) is 3. The smallest absolute Gasteiger partial charge is 0.257 e. The quantitative estimate of drug-likeness (QED) is 0.518. The number of thioether (sulfide) groups is 1. The number of carbonyl (C=O) groups excluding carboxylic acids is 2. The predicted octanol–water partition coefficient (Wildman–Crippen LogP) is 2.71. The molecule has 2 heterocycles. The molecular weight excluding hydrogens is 408 g/mol. The third-order valence-electron chi connectivity index (χ3n) is 3.64. The number of anilines is 2. The fourth-order valence-electron chi connectivity index (χ4n) is 2.54. The van der Waals surface area contributed by atoms with E-state index in [2.05, 4.69) is 36.5 Å². The zero-order chi connectivity index (χ0) is 18.0. The van der Waals surface area contributed by atoms with Crippen LogP contribution in [0.1, 0.15) is 24.8 Å². The Morgan fingerprint density at radius 2 is 2.08 bits per heavy atom. The molecule has 3 rings (SSSR count). The van der Waals surface area contributed by atoms with Gasteiger partial charge in [0.1, 0.15) is 5.82 Å². The van der Waals surface area contributed by atoms with Gasteiger partial charge in [-0.15, -0.1) is 0 Å². The van der Waals surface area contributed by atoms with E-state index in [9.17, 15) is 14.4 Å². The van der Waals surface area contributed by atoms with Gasteiger partial charge in [0.2, 0.25) is 11.8 Å². The van der Waals surface area contributed by atoms with Crippen LogP contribution in [-0.4, -0.2) is 27.5 Å². The van der Waals surface area contributed by atoms with Crippen LogP contribution in [-0.2, 0) is 9.59 Å². The number of carbonyl (C=O) groups is 2. The molecule has 0 unspecified atom stereocenters. The number of nitrogens with zero attached hydrogens (tertiary/aromatic N) is 1. The summed E-state index contributed by atoms with van der Waals surface area (Å²) in [5.41, 5.74) is 0.370. The number of aromatic nitrogens is 2. The Labute approximate surface area is 156 Å². The Morgan fingerprint density at radius 1 is 1.36 bits per heavy atom. The second-order valence-electron chi connectivity index (χ2n) is 5.37. The average Bonchev–Trinajstić information content (AvgIpc) is 2.56. The molecule has 2 aromatic rings. The van der Waals surface area contributed by atoms with Gasteiger partial charge in [-0.1, -0.05) is 34.6 Å². The van der Waals surface area contributed by atoms with Crippen molar-refractivity contribution in [1.82, 2.24) is 9.97 Å². The molecule has 1 aromatic carbocycles. The first-order valence-electron chi connectivity index (χ1n) is 7.61. The molecule has 130 valence electrons. The summed E-state index contributed by atoms with van der Waals surface area (Å²) < 4.78 is 0.884. The monoisotopic (exact) mass is 422 g/mol. The van der Waals surface area contributed by atoms with Gasteiger partial charge in [-0.25, -0.2) is 4.98 Å². The summed E-state index contributed by atoms with van der Waals surface area (Å²) >= 11 is 4.68. The summed E-state index contributed by atoms with van der Waals surface area (Å²) in [7, 11) is 0. The topological polar surface area (TPSA) is 104 Å². The van der Waals surface area contributed by atoms with E-state index in [0.717, 1.165) is 10.2 Å². The predicted molar refractivity (Wildman–Crippen MR) is 100 cm³/mol. The first-order chi connectivity index (χ1) is 12.0. The van der Waals surface area contributed by atoms with Crippen LogP contribution in [0.3, 0.4) is 0 Å². The standard InChI is InChI=1S/C16H15BrN4O3S/c1-2-25-16-20-13-12(15(24)21-16)10(7-11(22)19-13)14(23)18-9-5-3-8(17)4-6-9/h3-6,10H,2,7H2,1H3,(H,18,23)(H2,19,20,21,22,24)/t10-/m0/s1. The molecule has 3 N–H and O–H groups in total. The van der Waals surface area contributed by atoms with Crippen molar-refractivity contribution in [2.75, 3.05) is 16.4 Å². The molecule has 1 aliphatic heterocycles. The SMILES string of the molecule is CCSc1nc2c(c(=O)[nH]1)[C@@H](C(=O)Nc1ccc(Br)cc1)CC(=O)N2. The maximum Gasteiger partial charge on any atom is 0.257 e. The molecule has 9 heteroatoms. The largest absolute Gasteiger partial charge is 0.326 e. The third-order valence-corrected chi connectivity index (χ3v) is 4.92. The molecular formula is C16H15BrN4O3S. The summed E-state index contributed by atoms with van der Waals surface area (Å²) in [4.78, 5) is 43.9. The van der Waals surface area contributed by atoms with Gasteiger partial charge in [-0.05, 0) is 30.0 Å². The summed E-state index contributed by atoms with van der Waals surface area (Å²) in [6, 6.07) is 7.05. The van der Waals surface area contributed by atoms with E-state index in [4.69, 9.17) is 0 Å². The van der Waals surface area contributed by atoms with E-state index in [0.29, 0.717) is 10.8 Å². The summed E-state index contributed by atoms with van der Waals surface area (Å²) in [6.07, 6.45) is -0.0968. The highest BCUT2D eigenvalue weighted by Gasteiger charge is 2.34. The highest BCUT2D eigenvalue weighted by atomic mass is 79.9. The molecule has 2 amide bonds. The number of fused-ring (bicyclic) bond motifs is 1. The van der Waals surface area contributed by atoms with Gasteiger partial charge in [0.25, 0.3) is 5.56 Å². The molecule has 0 aliphatic carbocycles. The zero-order valence-electron chi connectivity index (χ0n) is 13.3. The molecule has 0 spiro atoms. The van der Waals surface area contributed by atoms with Gasteiger partial charge in [0.05, 0.1) is 11.5 Å². The second-order valence-corrected chi connectivity index (χ2v) is 7.54. The zero-order valence-corrected chi connectivity index (χ0v) is 15.7. The van der Waals surface area contributed by atoms with Crippen LogP contribution in [0.4, 0.5) is 11.5 Å². The molecule has 7 nitrogen and oxygen atoms in total. The number of rotatable bonds is 4. The van der Waals surface area contributed by atoms with Crippen molar-refractivity contribution in [3.63, 3.8) is 0 Å². The van der Waals surface area contributed by atoms with Crippen LogP contribution in [0.15, 0.2) is 38.7 Å². The summed E-state index contributed by atoms with van der Waals surface area (Å²) in [5, 5.41) is 5.75. The van der Waals surface area contributed by atoms with E-state index in [1.165, 1.54) is 11.8 Å². The number of amides is 2. The van der Waals surface area contributed by atoms with Gasteiger partial charge in [0.15, 0.2) is 5.16 Å². The van der Waals surface area contributed by atoms with Crippen LogP contribution in [0.5, 0.6) is 0 Å². The van der Waals surface area contributed by atoms with Gasteiger partial charge in [-0.3, -0.25) is 14.4 Å². The van der Waals surface area contributed by atoms with E-state index < -0.39 is 17.4 Å². The van der Waals surface area contributed by atoms with Crippen molar-refractivity contribution in [1.29, 1.82) is 0 Å². The lowest BCUT2D eigenvalue weighted by Gasteiger charge is -2.23. The molecule has 1 aromatic heterocycles. The lowest BCUT2D eigenvalue weighted by atomic mass is 9.92. The van der Waals surface area contributed by atoms with Crippen molar-refractivity contribution in [2.24, 2.45) is 0 Å². The minimum Gasteiger partial charge on any atom is -0.326 e. The van der Waals surface area contributed by atoms with Crippen molar-refractivity contribution >= 4 is 51.0 Å². The van der Waals surface area contributed by atoms with Crippen molar-refractivity contribution in [3.05, 3.63) is 44.7 Å². The Balaban J connectivity index is 1.92. The average molecular weight is 423 g/mol. The molecule has 1 aliphatic rings. The summed E-state index contributed by atoms with van der Waals surface area (Å²) in [6.45, 7) is 1.93. The van der Waals surface area contributed by atoms with Crippen LogP contribution in [0.25, 0.3) is 0 Å². The molecule has 0 saturated carbocycles. The Kier molecular flexibility index (Phi) is 5.24. The van der Waals surface area contributed by atoms with Gasteiger partial charge >= 0.3 is 0 Å². The Bertz CT molecular complexity index is 882. The number of H-pyrrole nitrogens is 1. The van der Waals surface area contributed by atoms with E-state index >= 15 is 0 Å². The van der Waals surface area contributed by atoms with Crippen LogP contribution in [0.2, 0.25) is 0 Å². The lowest BCUT2D eigenvalue weighted by Crippen LogP contribution is -2.36. The Hall–Kier alpha value is -2.13. The third kappa shape index (κ3) is 3.93. The van der Waals surface area contributed by atoms with Gasteiger partial charge < -0.3 is 15.6 Å². The number of benzene rings is 1. The summed E-state index contributed by atoms with van der Waals surface area (Å²) in [5.74, 6) is -0.754. The molecule has 25 heavy (non-hydrogen) atoms.